The molecule has 3 heteroatoms. The maximum absolute atomic E-state index is 12.1. The monoisotopic (exact) mass is 271 g/mol. The molecule has 100 valence electrons. The van der Waals surface area contributed by atoms with Gasteiger partial charge in [-0.2, -0.15) is 0 Å². The van der Waals surface area contributed by atoms with Crippen molar-refractivity contribution in [3.8, 4) is 0 Å². The SMILES string of the molecule is CC(=O)C(c1cnc2ccccc2c1C)[Si](C)(C)C. The van der Waals surface area contributed by atoms with Crippen LogP contribution < -0.4 is 0 Å². The summed E-state index contributed by atoms with van der Waals surface area (Å²) in [5, 5.41) is 1.16. The van der Waals surface area contributed by atoms with Crippen LogP contribution in [0.3, 0.4) is 0 Å². The minimum Gasteiger partial charge on any atom is -0.300 e. The van der Waals surface area contributed by atoms with Crippen molar-refractivity contribution in [2.45, 2.75) is 39.0 Å². The molecular weight excluding hydrogens is 250 g/mol. The van der Waals surface area contributed by atoms with E-state index in [1.807, 2.05) is 24.4 Å². The first-order valence-electron chi connectivity index (χ1n) is 6.67. The molecule has 2 aromatic rings. The number of aryl methyl sites for hydroxylation is 1. The molecule has 2 nitrogen and oxygen atoms in total. The van der Waals surface area contributed by atoms with Crippen LogP contribution in [0, 0.1) is 6.92 Å². The van der Waals surface area contributed by atoms with Crippen molar-refractivity contribution >= 4 is 24.8 Å². The maximum atomic E-state index is 12.1. The number of nitrogens with zero attached hydrogens (tertiary/aromatic N) is 1. The zero-order valence-electron chi connectivity index (χ0n) is 12.3. The lowest BCUT2D eigenvalue weighted by atomic mass is 10.0. The van der Waals surface area contributed by atoms with Gasteiger partial charge < -0.3 is 0 Å². The van der Waals surface area contributed by atoms with E-state index in [2.05, 4.69) is 37.6 Å². The van der Waals surface area contributed by atoms with Gasteiger partial charge in [-0.3, -0.25) is 9.78 Å². The van der Waals surface area contributed by atoms with Gasteiger partial charge in [-0.1, -0.05) is 37.8 Å². The molecule has 1 atom stereocenters. The third-order valence-electron chi connectivity index (χ3n) is 3.67. The largest absolute Gasteiger partial charge is 0.300 e. The molecule has 0 aliphatic carbocycles. The van der Waals surface area contributed by atoms with Gasteiger partial charge in [0.2, 0.25) is 0 Å². The molecule has 19 heavy (non-hydrogen) atoms. The molecule has 0 saturated carbocycles. The van der Waals surface area contributed by atoms with Crippen LogP contribution in [-0.4, -0.2) is 18.8 Å². The van der Waals surface area contributed by atoms with Crippen molar-refractivity contribution < 1.29 is 4.79 Å². The molecular formula is C16H21NOSi. The van der Waals surface area contributed by atoms with Crippen LogP contribution in [0.15, 0.2) is 30.5 Å². The van der Waals surface area contributed by atoms with E-state index in [1.165, 1.54) is 5.56 Å². The first-order chi connectivity index (χ1) is 8.82. The molecule has 0 N–H and O–H groups in total. The van der Waals surface area contributed by atoms with Crippen LogP contribution in [0.25, 0.3) is 10.9 Å². The molecule has 0 fully saturated rings. The zero-order chi connectivity index (χ0) is 14.2. The minimum absolute atomic E-state index is 0.0320. The van der Waals surface area contributed by atoms with E-state index in [1.54, 1.807) is 6.92 Å². The summed E-state index contributed by atoms with van der Waals surface area (Å²) < 4.78 is 0. The summed E-state index contributed by atoms with van der Waals surface area (Å²) in [6.07, 6.45) is 1.90. The van der Waals surface area contributed by atoms with Gasteiger partial charge >= 0.3 is 0 Å². The molecule has 1 aromatic heterocycles. The number of ketones is 1. The van der Waals surface area contributed by atoms with Gasteiger partial charge in [-0.15, -0.1) is 0 Å². The van der Waals surface area contributed by atoms with Gasteiger partial charge in [-0.05, 0) is 31.0 Å². The first-order valence-corrected chi connectivity index (χ1v) is 10.2. The number of rotatable bonds is 3. The highest BCUT2D eigenvalue weighted by Crippen LogP contribution is 2.32. The summed E-state index contributed by atoms with van der Waals surface area (Å²) in [5.74, 6) is 0.263. The molecule has 0 aliphatic rings. The normalized spacial score (nSPS) is 13.5. The van der Waals surface area contributed by atoms with Crippen LogP contribution in [-0.2, 0) is 4.79 Å². The van der Waals surface area contributed by atoms with E-state index in [4.69, 9.17) is 0 Å². The summed E-state index contributed by atoms with van der Waals surface area (Å²) >= 11 is 0. The fourth-order valence-electron chi connectivity index (χ4n) is 2.88. The van der Waals surface area contributed by atoms with E-state index >= 15 is 0 Å². The topological polar surface area (TPSA) is 30.0 Å². The first kappa shape index (κ1) is 13.9. The Kier molecular flexibility index (Phi) is 3.59. The second-order valence-electron chi connectivity index (χ2n) is 6.27. The number of benzene rings is 1. The Balaban J connectivity index is 2.68. The highest BCUT2D eigenvalue weighted by molar-refractivity contribution is 6.80. The lowest BCUT2D eigenvalue weighted by Crippen LogP contribution is -2.36. The summed E-state index contributed by atoms with van der Waals surface area (Å²) in [6, 6.07) is 8.12. The van der Waals surface area contributed by atoms with Gasteiger partial charge in [0.1, 0.15) is 5.78 Å². The molecule has 0 spiro atoms. The van der Waals surface area contributed by atoms with Crippen molar-refractivity contribution in [2.24, 2.45) is 0 Å². The van der Waals surface area contributed by atoms with Gasteiger partial charge in [-0.25, -0.2) is 0 Å². The fourth-order valence-corrected chi connectivity index (χ4v) is 5.32. The van der Waals surface area contributed by atoms with Crippen LogP contribution in [0.2, 0.25) is 19.6 Å². The second kappa shape index (κ2) is 4.89. The van der Waals surface area contributed by atoms with Crippen molar-refractivity contribution in [3.63, 3.8) is 0 Å². The molecule has 1 heterocycles. The van der Waals surface area contributed by atoms with E-state index in [0.29, 0.717) is 0 Å². The van der Waals surface area contributed by atoms with Crippen molar-refractivity contribution in [2.75, 3.05) is 0 Å². The molecule has 0 radical (unpaired) electrons. The van der Waals surface area contributed by atoms with Crippen LogP contribution in [0.5, 0.6) is 0 Å². The third kappa shape index (κ3) is 2.61. The quantitative estimate of drug-likeness (QED) is 0.787. The highest BCUT2D eigenvalue weighted by atomic mass is 28.3. The van der Waals surface area contributed by atoms with Gasteiger partial charge in [0.15, 0.2) is 0 Å². The van der Waals surface area contributed by atoms with Gasteiger partial charge in [0, 0.05) is 17.1 Å². The number of hydrogen-bond acceptors (Lipinski definition) is 2. The maximum Gasteiger partial charge on any atom is 0.134 e. The number of para-hydroxylation sites is 1. The smallest absolute Gasteiger partial charge is 0.134 e. The van der Waals surface area contributed by atoms with Crippen LogP contribution in [0.1, 0.15) is 23.6 Å². The number of carbonyl (C=O) groups is 1. The molecule has 1 unspecified atom stereocenters. The fraction of sp³-hybridized carbons (Fsp3) is 0.375. The van der Waals surface area contributed by atoms with Crippen molar-refractivity contribution in [1.82, 2.24) is 4.98 Å². The van der Waals surface area contributed by atoms with Gasteiger partial charge in [0.25, 0.3) is 0 Å². The predicted octanol–water partition coefficient (Wildman–Crippen LogP) is 4.09. The van der Waals surface area contributed by atoms with E-state index in [0.717, 1.165) is 16.5 Å². The summed E-state index contributed by atoms with van der Waals surface area (Å²) in [5.41, 5.74) is 3.35. The number of aromatic nitrogens is 1. The van der Waals surface area contributed by atoms with Crippen LogP contribution in [0.4, 0.5) is 0 Å². The number of fused-ring (bicyclic) bond motifs is 1. The Labute approximate surface area is 115 Å². The third-order valence-corrected chi connectivity index (χ3v) is 6.12. The Morgan fingerprint density at radius 2 is 1.84 bits per heavy atom. The summed E-state index contributed by atoms with van der Waals surface area (Å²) in [4.78, 5) is 16.6. The Hall–Kier alpha value is -1.48. The lowest BCUT2D eigenvalue weighted by Gasteiger charge is -2.28. The molecule has 1 aromatic carbocycles. The average molecular weight is 271 g/mol. The van der Waals surface area contributed by atoms with Crippen LogP contribution >= 0.6 is 0 Å². The van der Waals surface area contributed by atoms with E-state index in [9.17, 15) is 4.79 Å². The average Bonchev–Trinajstić information content (AvgIpc) is 2.31. The number of carbonyl (C=O) groups excluding carboxylic acids is 1. The summed E-state index contributed by atoms with van der Waals surface area (Å²) in [7, 11) is -1.60. The van der Waals surface area contributed by atoms with E-state index in [-0.39, 0.29) is 11.3 Å². The highest BCUT2D eigenvalue weighted by Gasteiger charge is 2.33. The number of Topliss-reactive ketones (excluding diaryl/α,β-unsaturated/α-hetero) is 1. The predicted molar refractivity (Wildman–Crippen MR) is 83.2 cm³/mol. The lowest BCUT2D eigenvalue weighted by molar-refractivity contribution is -0.116. The number of pyridine rings is 1. The molecule has 0 amide bonds. The Bertz CT molecular complexity index is 628. The van der Waals surface area contributed by atoms with Crippen molar-refractivity contribution in [1.29, 1.82) is 0 Å². The Morgan fingerprint density at radius 3 is 2.42 bits per heavy atom. The summed E-state index contributed by atoms with van der Waals surface area (Å²) in [6.45, 7) is 10.5. The number of hydrogen-bond donors (Lipinski definition) is 0. The standard InChI is InChI=1S/C16H21NOSi/c1-11-13-8-6-7-9-15(13)17-10-14(11)16(12(2)18)19(3,4)5/h6-10,16H,1-5H3. The molecule has 0 aliphatic heterocycles. The Morgan fingerprint density at radius 1 is 1.21 bits per heavy atom. The molecule has 0 saturated heterocycles. The minimum atomic E-state index is -1.60. The van der Waals surface area contributed by atoms with Gasteiger partial charge in [0.05, 0.1) is 13.6 Å². The zero-order valence-corrected chi connectivity index (χ0v) is 13.3. The molecule has 2 rings (SSSR count). The second-order valence-corrected chi connectivity index (χ2v) is 11.6. The molecule has 0 bridgehead atoms. The van der Waals surface area contributed by atoms with Crippen molar-refractivity contribution in [3.05, 3.63) is 41.6 Å². The van der Waals surface area contributed by atoms with E-state index < -0.39 is 8.07 Å².